The summed E-state index contributed by atoms with van der Waals surface area (Å²) in [5.74, 6) is 2.04. The molecule has 2 saturated carbocycles. The highest BCUT2D eigenvalue weighted by molar-refractivity contribution is 9.10. The molecule has 2 fully saturated rings. The van der Waals surface area contributed by atoms with Crippen molar-refractivity contribution in [3.05, 3.63) is 28.2 Å². The molecule has 0 bridgehead atoms. The number of rotatable bonds is 3. The topological polar surface area (TPSA) is 12.0 Å². The molecule has 1 aromatic carbocycles. The van der Waals surface area contributed by atoms with E-state index >= 15 is 0 Å². The predicted molar refractivity (Wildman–Crippen MR) is 90.2 cm³/mol. The normalized spacial score (nSPS) is 29.8. The van der Waals surface area contributed by atoms with Crippen molar-refractivity contribution in [2.45, 2.75) is 64.3 Å². The number of aryl methyl sites for hydroxylation is 1. The van der Waals surface area contributed by atoms with Crippen molar-refractivity contribution in [2.75, 3.05) is 5.32 Å². The van der Waals surface area contributed by atoms with Crippen LogP contribution >= 0.6 is 15.9 Å². The number of halogens is 1. The number of hydrogen-bond donors (Lipinski definition) is 1. The second kappa shape index (κ2) is 6.51. The lowest BCUT2D eigenvalue weighted by atomic mass is 9.69. The first-order valence-electron chi connectivity index (χ1n) is 8.31. The van der Waals surface area contributed by atoms with Crippen LogP contribution in [0.3, 0.4) is 0 Å². The molecule has 0 amide bonds. The van der Waals surface area contributed by atoms with Crippen molar-refractivity contribution in [2.24, 2.45) is 11.8 Å². The van der Waals surface area contributed by atoms with E-state index in [0.29, 0.717) is 6.04 Å². The molecule has 20 heavy (non-hydrogen) atoms. The van der Waals surface area contributed by atoms with Gasteiger partial charge >= 0.3 is 0 Å². The molecule has 2 aliphatic rings. The van der Waals surface area contributed by atoms with Crippen LogP contribution in [0, 0.1) is 11.8 Å². The first-order chi connectivity index (χ1) is 9.76. The minimum absolute atomic E-state index is 0.695. The lowest BCUT2D eigenvalue weighted by Crippen LogP contribution is -2.34. The quantitative estimate of drug-likeness (QED) is 0.737. The van der Waals surface area contributed by atoms with Gasteiger partial charge in [0, 0.05) is 16.2 Å². The summed E-state index contributed by atoms with van der Waals surface area (Å²) in [6.07, 6.45) is 11.2. The summed E-state index contributed by atoms with van der Waals surface area (Å²) in [4.78, 5) is 0. The Hall–Kier alpha value is -0.500. The van der Waals surface area contributed by atoms with Gasteiger partial charge in [0.25, 0.3) is 0 Å². The Morgan fingerprint density at radius 2 is 1.90 bits per heavy atom. The van der Waals surface area contributed by atoms with Gasteiger partial charge in [0.1, 0.15) is 0 Å². The molecule has 110 valence electrons. The zero-order chi connectivity index (χ0) is 13.9. The number of hydrogen-bond acceptors (Lipinski definition) is 1. The second-order valence-corrected chi connectivity index (χ2v) is 7.53. The fourth-order valence-corrected chi connectivity index (χ4v) is 4.63. The van der Waals surface area contributed by atoms with E-state index in [1.807, 2.05) is 0 Å². The third-order valence-electron chi connectivity index (χ3n) is 5.35. The fraction of sp³-hybridized carbons (Fsp3) is 0.667. The van der Waals surface area contributed by atoms with Crippen LogP contribution in [0.2, 0.25) is 0 Å². The average molecular weight is 336 g/mol. The fourth-order valence-electron chi connectivity index (χ4n) is 4.22. The molecule has 3 atom stereocenters. The van der Waals surface area contributed by atoms with Crippen molar-refractivity contribution in [3.8, 4) is 0 Å². The van der Waals surface area contributed by atoms with Gasteiger partial charge in [0.15, 0.2) is 0 Å². The van der Waals surface area contributed by atoms with Gasteiger partial charge in [-0.3, -0.25) is 0 Å². The van der Waals surface area contributed by atoms with E-state index in [-0.39, 0.29) is 0 Å². The van der Waals surface area contributed by atoms with Crippen LogP contribution in [-0.2, 0) is 6.42 Å². The third kappa shape index (κ3) is 3.21. The Balaban J connectivity index is 1.66. The first-order valence-corrected chi connectivity index (χ1v) is 9.10. The van der Waals surface area contributed by atoms with E-state index in [1.165, 1.54) is 60.7 Å². The number of benzene rings is 1. The SMILES string of the molecule is CCc1cc(Br)ccc1NC1CCC2CCCCC2C1. The Labute approximate surface area is 131 Å². The van der Waals surface area contributed by atoms with Crippen molar-refractivity contribution in [1.82, 2.24) is 0 Å². The van der Waals surface area contributed by atoms with Crippen LogP contribution in [0.15, 0.2) is 22.7 Å². The largest absolute Gasteiger partial charge is 0.382 e. The zero-order valence-corrected chi connectivity index (χ0v) is 14.1. The molecule has 2 heteroatoms. The molecule has 0 saturated heterocycles. The Morgan fingerprint density at radius 3 is 2.70 bits per heavy atom. The van der Waals surface area contributed by atoms with Crippen LogP contribution in [-0.4, -0.2) is 6.04 Å². The highest BCUT2D eigenvalue weighted by Crippen LogP contribution is 2.41. The lowest BCUT2D eigenvalue weighted by Gasteiger charge is -2.40. The van der Waals surface area contributed by atoms with E-state index in [1.54, 1.807) is 0 Å². The molecule has 0 aromatic heterocycles. The van der Waals surface area contributed by atoms with Crippen molar-refractivity contribution in [3.63, 3.8) is 0 Å². The maximum absolute atomic E-state index is 3.84. The number of nitrogens with one attached hydrogen (secondary N) is 1. The average Bonchev–Trinajstić information content (AvgIpc) is 2.49. The van der Waals surface area contributed by atoms with E-state index in [9.17, 15) is 0 Å². The molecule has 3 rings (SSSR count). The van der Waals surface area contributed by atoms with Gasteiger partial charge in [-0.15, -0.1) is 0 Å². The lowest BCUT2D eigenvalue weighted by molar-refractivity contribution is 0.162. The Kier molecular flexibility index (Phi) is 4.70. The van der Waals surface area contributed by atoms with Crippen LogP contribution in [0.4, 0.5) is 5.69 Å². The second-order valence-electron chi connectivity index (χ2n) is 6.61. The Morgan fingerprint density at radius 1 is 1.10 bits per heavy atom. The molecule has 1 N–H and O–H groups in total. The summed E-state index contributed by atoms with van der Waals surface area (Å²) in [6.45, 7) is 2.24. The van der Waals surface area contributed by atoms with Crippen LogP contribution < -0.4 is 5.32 Å². The highest BCUT2D eigenvalue weighted by atomic mass is 79.9. The van der Waals surface area contributed by atoms with E-state index < -0.39 is 0 Å². The van der Waals surface area contributed by atoms with Gasteiger partial charge in [-0.25, -0.2) is 0 Å². The van der Waals surface area contributed by atoms with Gasteiger partial charge in [0.05, 0.1) is 0 Å². The molecule has 0 aliphatic heterocycles. The van der Waals surface area contributed by atoms with E-state index in [4.69, 9.17) is 0 Å². The molecule has 3 unspecified atom stereocenters. The molecular weight excluding hydrogens is 310 g/mol. The predicted octanol–water partition coefficient (Wildman–Crippen LogP) is 5.78. The maximum atomic E-state index is 3.84. The zero-order valence-electron chi connectivity index (χ0n) is 12.5. The minimum atomic E-state index is 0.695. The van der Waals surface area contributed by atoms with Crippen molar-refractivity contribution >= 4 is 21.6 Å². The smallest absolute Gasteiger partial charge is 0.0375 e. The number of fused-ring (bicyclic) bond motifs is 1. The monoisotopic (exact) mass is 335 g/mol. The van der Waals surface area contributed by atoms with Gasteiger partial charge in [-0.05, 0) is 61.3 Å². The first kappa shape index (κ1) is 14.4. The standard InChI is InChI=1S/C18H26BrN/c1-2-13-11-16(19)8-10-18(13)20-17-9-7-14-5-3-4-6-15(14)12-17/h8,10-11,14-15,17,20H,2-7,9,12H2,1H3. The number of anilines is 1. The van der Waals surface area contributed by atoms with Gasteiger partial charge in [-0.2, -0.15) is 0 Å². The summed E-state index contributed by atoms with van der Waals surface area (Å²) in [5, 5.41) is 3.84. The van der Waals surface area contributed by atoms with Gasteiger partial charge in [0.2, 0.25) is 0 Å². The van der Waals surface area contributed by atoms with Crippen LogP contribution in [0.1, 0.15) is 57.4 Å². The van der Waals surface area contributed by atoms with Crippen LogP contribution in [0.5, 0.6) is 0 Å². The molecule has 2 aliphatic carbocycles. The molecule has 1 nitrogen and oxygen atoms in total. The van der Waals surface area contributed by atoms with Gasteiger partial charge < -0.3 is 5.32 Å². The van der Waals surface area contributed by atoms with Crippen LogP contribution in [0.25, 0.3) is 0 Å². The van der Waals surface area contributed by atoms with Crippen molar-refractivity contribution < 1.29 is 0 Å². The molecular formula is C18H26BrN. The summed E-state index contributed by atoms with van der Waals surface area (Å²) in [5.41, 5.74) is 2.79. The molecule has 0 radical (unpaired) electrons. The van der Waals surface area contributed by atoms with E-state index in [2.05, 4.69) is 46.4 Å². The summed E-state index contributed by atoms with van der Waals surface area (Å²) >= 11 is 3.58. The third-order valence-corrected chi connectivity index (χ3v) is 5.84. The molecule has 0 heterocycles. The minimum Gasteiger partial charge on any atom is -0.382 e. The summed E-state index contributed by atoms with van der Waals surface area (Å²) in [6, 6.07) is 7.36. The van der Waals surface area contributed by atoms with Gasteiger partial charge in [-0.1, -0.05) is 48.5 Å². The van der Waals surface area contributed by atoms with Crippen molar-refractivity contribution in [1.29, 1.82) is 0 Å². The molecule has 1 aromatic rings. The maximum Gasteiger partial charge on any atom is 0.0375 e. The van der Waals surface area contributed by atoms with E-state index in [0.717, 1.165) is 18.3 Å². The molecule has 0 spiro atoms. The summed E-state index contributed by atoms with van der Waals surface area (Å²) < 4.78 is 1.19. The summed E-state index contributed by atoms with van der Waals surface area (Å²) in [7, 11) is 0. The Bertz CT molecular complexity index is 457. The highest BCUT2D eigenvalue weighted by Gasteiger charge is 2.32.